The third-order valence-electron chi connectivity index (χ3n) is 3.53. The highest BCUT2D eigenvalue weighted by Crippen LogP contribution is 2.28. The second-order valence-electron chi connectivity index (χ2n) is 4.63. The average Bonchev–Trinajstić information content (AvgIpc) is 2.34. The maximum atomic E-state index is 12.3. The molecule has 0 aromatic heterocycles. The molecule has 0 unspecified atom stereocenters. The van der Waals surface area contributed by atoms with Crippen molar-refractivity contribution >= 4 is 17.3 Å². The number of nitro groups is 1. The zero-order valence-electron chi connectivity index (χ0n) is 10.6. The van der Waals surface area contributed by atoms with Crippen molar-refractivity contribution in [3.63, 3.8) is 0 Å². The van der Waals surface area contributed by atoms with E-state index in [2.05, 4.69) is 5.43 Å². The molecule has 7 nitrogen and oxygen atoms in total. The van der Waals surface area contributed by atoms with E-state index in [4.69, 9.17) is 5.84 Å². The summed E-state index contributed by atoms with van der Waals surface area (Å²) < 4.78 is 0. The zero-order valence-corrected chi connectivity index (χ0v) is 10.6. The Bertz CT molecular complexity index is 514. The van der Waals surface area contributed by atoms with Gasteiger partial charge in [0.1, 0.15) is 5.56 Å². The maximum Gasteiger partial charge on any atom is 0.282 e. The van der Waals surface area contributed by atoms with Crippen LogP contribution in [0.5, 0.6) is 0 Å². The minimum atomic E-state index is -0.553. The minimum Gasteiger partial charge on any atom is -0.339 e. The van der Waals surface area contributed by atoms with E-state index < -0.39 is 4.92 Å². The number of nitro benzene ring substituents is 1. The summed E-state index contributed by atoms with van der Waals surface area (Å²) >= 11 is 0. The fourth-order valence-electron chi connectivity index (χ4n) is 2.09. The Balaban J connectivity index is 2.34. The molecular weight excluding hydrogens is 248 g/mol. The number of carbonyl (C=O) groups is 1. The molecule has 0 saturated heterocycles. The highest BCUT2D eigenvalue weighted by atomic mass is 16.6. The van der Waals surface area contributed by atoms with Gasteiger partial charge in [-0.25, -0.2) is 0 Å². The molecule has 1 saturated carbocycles. The molecule has 0 bridgehead atoms. The number of amides is 1. The Labute approximate surface area is 110 Å². The molecule has 0 atom stereocenters. The van der Waals surface area contributed by atoms with Crippen molar-refractivity contribution < 1.29 is 9.72 Å². The van der Waals surface area contributed by atoms with Crippen LogP contribution in [0.4, 0.5) is 11.4 Å². The second kappa shape index (κ2) is 5.23. The van der Waals surface area contributed by atoms with Gasteiger partial charge < -0.3 is 10.3 Å². The summed E-state index contributed by atoms with van der Waals surface area (Å²) in [5.74, 6) is 4.93. The monoisotopic (exact) mass is 264 g/mol. The van der Waals surface area contributed by atoms with E-state index in [-0.39, 0.29) is 23.2 Å². The number of hydrogen-bond donors (Lipinski definition) is 2. The van der Waals surface area contributed by atoms with Gasteiger partial charge in [-0.05, 0) is 31.4 Å². The van der Waals surface area contributed by atoms with Crippen LogP contribution in [0.25, 0.3) is 0 Å². The molecule has 7 heteroatoms. The Kier molecular flexibility index (Phi) is 3.66. The van der Waals surface area contributed by atoms with Crippen molar-refractivity contribution in [3.8, 4) is 0 Å². The molecule has 1 fully saturated rings. The lowest BCUT2D eigenvalue weighted by molar-refractivity contribution is -0.385. The van der Waals surface area contributed by atoms with Gasteiger partial charge in [-0.3, -0.25) is 20.8 Å². The smallest absolute Gasteiger partial charge is 0.282 e. The molecule has 102 valence electrons. The summed E-state index contributed by atoms with van der Waals surface area (Å²) in [6.07, 6.45) is 2.99. The van der Waals surface area contributed by atoms with Gasteiger partial charge in [-0.15, -0.1) is 0 Å². The van der Waals surface area contributed by atoms with Gasteiger partial charge in [-0.2, -0.15) is 0 Å². The number of nitrogens with one attached hydrogen (secondary N) is 1. The first-order valence-electron chi connectivity index (χ1n) is 6.07. The first-order valence-corrected chi connectivity index (χ1v) is 6.07. The first-order chi connectivity index (χ1) is 9.04. The molecule has 0 aliphatic heterocycles. The largest absolute Gasteiger partial charge is 0.339 e. The summed E-state index contributed by atoms with van der Waals surface area (Å²) in [4.78, 5) is 24.3. The van der Waals surface area contributed by atoms with Gasteiger partial charge in [0.2, 0.25) is 0 Å². The highest BCUT2D eigenvalue weighted by molar-refractivity contribution is 5.99. The number of hydrogen-bond acceptors (Lipinski definition) is 5. The third kappa shape index (κ3) is 2.50. The van der Waals surface area contributed by atoms with Crippen molar-refractivity contribution in [3.05, 3.63) is 33.9 Å². The molecule has 2 rings (SSSR count). The molecule has 0 spiro atoms. The number of nitrogens with zero attached hydrogens (tertiary/aromatic N) is 2. The molecule has 1 aliphatic rings. The van der Waals surface area contributed by atoms with E-state index in [1.165, 1.54) is 18.2 Å². The van der Waals surface area contributed by atoms with E-state index in [9.17, 15) is 14.9 Å². The van der Waals surface area contributed by atoms with E-state index in [1.54, 1.807) is 11.9 Å². The predicted octanol–water partition coefficient (Wildman–Crippen LogP) is 1.50. The van der Waals surface area contributed by atoms with E-state index in [1.807, 2.05) is 0 Å². The van der Waals surface area contributed by atoms with Crippen molar-refractivity contribution in [2.24, 2.45) is 5.84 Å². The predicted molar refractivity (Wildman–Crippen MR) is 70.6 cm³/mol. The Hall–Kier alpha value is -2.15. The number of anilines is 1. The lowest BCUT2D eigenvalue weighted by Gasteiger charge is -2.34. The molecule has 1 amide bonds. The van der Waals surface area contributed by atoms with Gasteiger partial charge in [0.15, 0.2) is 0 Å². The van der Waals surface area contributed by atoms with E-state index in [0.29, 0.717) is 5.69 Å². The lowest BCUT2D eigenvalue weighted by Crippen LogP contribution is -2.41. The molecule has 0 heterocycles. The number of hydrazine groups is 1. The van der Waals surface area contributed by atoms with Crippen molar-refractivity contribution in [2.45, 2.75) is 25.3 Å². The SMILES string of the molecule is CN(C(=O)c1cc(NN)ccc1[N+](=O)[O-])C1CCC1. The summed E-state index contributed by atoms with van der Waals surface area (Å²) in [6.45, 7) is 0. The first kappa shape index (κ1) is 13.3. The molecule has 19 heavy (non-hydrogen) atoms. The number of benzene rings is 1. The normalized spacial score (nSPS) is 14.6. The number of carbonyl (C=O) groups excluding carboxylic acids is 1. The average molecular weight is 264 g/mol. The van der Waals surface area contributed by atoms with Crippen molar-refractivity contribution in [1.29, 1.82) is 0 Å². The summed E-state index contributed by atoms with van der Waals surface area (Å²) in [6, 6.07) is 4.35. The Morgan fingerprint density at radius 2 is 2.21 bits per heavy atom. The van der Waals surface area contributed by atoms with Crippen LogP contribution in [-0.4, -0.2) is 28.8 Å². The fraction of sp³-hybridized carbons (Fsp3) is 0.417. The molecule has 3 N–H and O–H groups in total. The van der Waals surface area contributed by atoms with Gasteiger partial charge >= 0.3 is 0 Å². The standard InChI is InChI=1S/C12H16N4O3/c1-15(9-3-2-4-9)12(17)10-7-8(14-13)5-6-11(10)16(18)19/h5-7,9,14H,2-4,13H2,1H3. The van der Waals surface area contributed by atoms with Crippen LogP contribution < -0.4 is 11.3 Å². The van der Waals surface area contributed by atoms with E-state index >= 15 is 0 Å². The van der Waals surface area contributed by atoms with Crippen LogP contribution in [0.1, 0.15) is 29.6 Å². The molecule has 1 aliphatic carbocycles. The van der Waals surface area contributed by atoms with Gasteiger partial charge in [0.05, 0.1) is 4.92 Å². The molecule has 1 aromatic rings. The molecule has 0 radical (unpaired) electrons. The summed E-state index contributed by atoms with van der Waals surface area (Å²) in [5.41, 5.74) is 2.73. The van der Waals surface area contributed by atoms with Gasteiger partial charge in [0.25, 0.3) is 11.6 Å². The Morgan fingerprint density at radius 3 is 2.68 bits per heavy atom. The summed E-state index contributed by atoms with van der Waals surface area (Å²) in [7, 11) is 1.68. The van der Waals surface area contributed by atoms with E-state index in [0.717, 1.165) is 19.3 Å². The quantitative estimate of drug-likeness (QED) is 0.487. The van der Waals surface area contributed by atoms with Gasteiger partial charge in [-0.1, -0.05) is 0 Å². The number of nitrogens with two attached hydrogens (primary N) is 1. The lowest BCUT2D eigenvalue weighted by atomic mass is 9.91. The van der Waals surface area contributed by atoms with Crippen LogP contribution in [0.15, 0.2) is 18.2 Å². The van der Waals surface area contributed by atoms with Crippen molar-refractivity contribution in [1.82, 2.24) is 4.90 Å². The fourth-order valence-corrected chi connectivity index (χ4v) is 2.09. The highest BCUT2D eigenvalue weighted by Gasteiger charge is 2.30. The van der Waals surface area contributed by atoms with Crippen LogP contribution in [0.2, 0.25) is 0 Å². The third-order valence-corrected chi connectivity index (χ3v) is 3.53. The zero-order chi connectivity index (χ0) is 14.0. The van der Waals surface area contributed by atoms with Crippen LogP contribution in [0, 0.1) is 10.1 Å². The van der Waals surface area contributed by atoms with Crippen LogP contribution in [0.3, 0.4) is 0 Å². The van der Waals surface area contributed by atoms with Crippen molar-refractivity contribution in [2.75, 3.05) is 12.5 Å². The van der Waals surface area contributed by atoms with Gasteiger partial charge in [0, 0.05) is 24.8 Å². The molecular formula is C12H16N4O3. The second-order valence-corrected chi connectivity index (χ2v) is 4.63. The Morgan fingerprint density at radius 1 is 1.53 bits per heavy atom. The van der Waals surface area contributed by atoms with Crippen LogP contribution in [-0.2, 0) is 0 Å². The minimum absolute atomic E-state index is 0.0647. The molecule has 1 aromatic carbocycles. The summed E-state index contributed by atoms with van der Waals surface area (Å²) in [5, 5.41) is 11.0. The number of rotatable bonds is 4. The van der Waals surface area contributed by atoms with Crippen LogP contribution >= 0.6 is 0 Å². The maximum absolute atomic E-state index is 12.3. The topological polar surface area (TPSA) is 102 Å². The number of nitrogen functional groups attached to an aromatic ring is 1.